The van der Waals surface area contributed by atoms with Gasteiger partial charge < -0.3 is 20.1 Å². The van der Waals surface area contributed by atoms with Crippen LogP contribution in [0.5, 0.6) is 11.5 Å². The normalized spacial score (nSPS) is 16.3. The summed E-state index contributed by atoms with van der Waals surface area (Å²) in [6.45, 7) is 0. The van der Waals surface area contributed by atoms with Crippen molar-refractivity contribution < 1.29 is 14.3 Å². The molecule has 2 aliphatic heterocycles. The molecule has 0 amide bonds. The minimum atomic E-state index is -1.09. The largest absolute Gasteiger partial charge is 0.456 e. The lowest BCUT2D eigenvalue weighted by molar-refractivity contribution is 0.0225. The molecule has 6 aromatic rings. The number of carbonyl (C=O) groups is 1. The molecule has 196 valence electrons. The van der Waals surface area contributed by atoms with E-state index in [9.17, 15) is 4.79 Å². The molecule has 2 heterocycles. The molecule has 41 heavy (non-hydrogen) atoms. The van der Waals surface area contributed by atoms with Crippen molar-refractivity contribution in [3.05, 3.63) is 156 Å². The number of fused-ring (bicyclic) bond motifs is 8. The van der Waals surface area contributed by atoms with Crippen molar-refractivity contribution in [2.24, 2.45) is 0 Å². The van der Waals surface area contributed by atoms with E-state index in [1.54, 1.807) is 0 Å². The van der Waals surface area contributed by atoms with Crippen molar-refractivity contribution in [3.63, 3.8) is 0 Å². The molecule has 5 heteroatoms. The molecule has 0 bridgehead atoms. The Morgan fingerprint density at radius 3 is 2.00 bits per heavy atom. The van der Waals surface area contributed by atoms with Gasteiger partial charge >= 0.3 is 5.97 Å². The Bertz CT molecular complexity index is 1970. The lowest BCUT2D eigenvalue weighted by Crippen LogP contribution is -2.33. The zero-order valence-corrected chi connectivity index (χ0v) is 21.9. The molecular weight excluding hydrogens is 508 g/mol. The smallest absolute Gasteiger partial charge is 0.340 e. The second kappa shape index (κ2) is 9.00. The fraction of sp³-hybridized carbons (Fsp3) is 0.0278. The molecule has 0 fully saturated rings. The van der Waals surface area contributed by atoms with Gasteiger partial charge in [0.25, 0.3) is 0 Å². The number of rotatable bonds is 4. The van der Waals surface area contributed by atoms with Gasteiger partial charge in [-0.05, 0) is 66.0 Å². The van der Waals surface area contributed by atoms with Crippen molar-refractivity contribution in [2.45, 2.75) is 5.60 Å². The van der Waals surface area contributed by atoms with Crippen LogP contribution in [0.3, 0.4) is 0 Å². The fourth-order valence-corrected chi connectivity index (χ4v) is 5.97. The molecule has 0 saturated carbocycles. The summed E-state index contributed by atoms with van der Waals surface area (Å²) in [4.78, 5) is 13.2. The molecule has 6 aromatic carbocycles. The zero-order chi connectivity index (χ0) is 27.4. The molecule has 1 atom stereocenters. The van der Waals surface area contributed by atoms with Crippen LogP contribution in [0.1, 0.15) is 27.0 Å². The van der Waals surface area contributed by atoms with Crippen LogP contribution in [0.2, 0.25) is 0 Å². The van der Waals surface area contributed by atoms with Crippen molar-refractivity contribution in [3.8, 4) is 11.5 Å². The van der Waals surface area contributed by atoms with E-state index in [1.807, 2.05) is 121 Å². The van der Waals surface area contributed by atoms with Crippen LogP contribution in [0.25, 0.3) is 10.8 Å². The van der Waals surface area contributed by atoms with Crippen molar-refractivity contribution >= 4 is 39.5 Å². The predicted molar refractivity (Wildman–Crippen MR) is 162 cm³/mol. The zero-order valence-electron chi connectivity index (χ0n) is 21.9. The van der Waals surface area contributed by atoms with Gasteiger partial charge in [-0.3, -0.25) is 0 Å². The summed E-state index contributed by atoms with van der Waals surface area (Å²) in [5.74, 6) is 1.01. The molecule has 1 spiro atoms. The fourth-order valence-electron chi connectivity index (χ4n) is 5.97. The molecule has 0 aromatic heterocycles. The van der Waals surface area contributed by atoms with E-state index in [4.69, 9.17) is 9.47 Å². The lowest BCUT2D eigenvalue weighted by Gasteiger charge is -2.37. The van der Waals surface area contributed by atoms with Gasteiger partial charge in [0.15, 0.2) is 5.60 Å². The molecular formula is C36H24N2O3. The number of ether oxygens (including phenoxy) is 2. The van der Waals surface area contributed by atoms with Gasteiger partial charge in [-0.15, -0.1) is 0 Å². The van der Waals surface area contributed by atoms with Crippen molar-refractivity contribution in [1.82, 2.24) is 0 Å². The minimum absolute atomic E-state index is 0.334. The first-order valence-electron chi connectivity index (χ1n) is 13.6. The molecule has 0 radical (unpaired) electrons. The van der Waals surface area contributed by atoms with E-state index < -0.39 is 5.60 Å². The number of para-hydroxylation sites is 1. The van der Waals surface area contributed by atoms with Crippen LogP contribution in [0.4, 0.5) is 22.7 Å². The van der Waals surface area contributed by atoms with Crippen molar-refractivity contribution in [2.75, 3.05) is 10.6 Å². The van der Waals surface area contributed by atoms with Crippen LogP contribution in [-0.4, -0.2) is 5.97 Å². The Morgan fingerprint density at radius 2 is 1.17 bits per heavy atom. The first kappa shape index (κ1) is 23.3. The Kier molecular flexibility index (Phi) is 5.12. The predicted octanol–water partition coefficient (Wildman–Crippen LogP) is 8.89. The van der Waals surface area contributed by atoms with E-state index in [0.717, 1.165) is 50.2 Å². The summed E-state index contributed by atoms with van der Waals surface area (Å²) >= 11 is 0. The van der Waals surface area contributed by atoms with Crippen LogP contribution in [0, 0.1) is 0 Å². The third-order valence-electron chi connectivity index (χ3n) is 7.84. The van der Waals surface area contributed by atoms with Gasteiger partial charge in [-0.1, -0.05) is 66.7 Å². The summed E-state index contributed by atoms with van der Waals surface area (Å²) in [7, 11) is 0. The summed E-state index contributed by atoms with van der Waals surface area (Å²) in [6, 6.07) is 44.0. The van der Waals surface area contributed by atoms with Crippen LogP contribution < -0.4 is 15.4 Å². The average Bonchev–Trinajstić information content (AvgIpc) is 3.31. The number of hydrogen-bond donors (Lipinski definition) is 2. The topological polar surface area (TPSA) is 59.6 Å². The molecule has 2 aliphatic rings. The Hall–Kier alpha value is -5.55. The highest BCUT2D eigenvalue weighted by molar-refractivity contribution is 5.99. The maximum absolute atomic E-state index is 13.2. The SMILES string of the molecule is O=C1OC2(c3ccc(Nc4ccc(Nc5ccccc5)cc4)cc3Oc3c2ccc2ccccc32)c2ccccc21. The number of hydrogen-bond acceptors (Lipinski definition) is 5. The highest BCUT2D eigenvalue weighted by Crippen LogP contribution is 2.57. The van der Waals surface area contributed by atoms with Crippen LogP contribution in [-0.2, 0) is 10.3 Å². The van der Waals surface area contributed by atoms with Gasteiger partial charge in [-0.25, -0.2) is 4.79 Å². The third kappa shape index (κ3) is 3.67. The van der Waals surface area contributed by atoms with Gasteiger partial charge in [0.1, 0.15) is 11.5 Å². The van der Waals surface area contributed by atoms with Gasteiger partial charge in [-0.2, -0.15) is 0 Å². The Morgan fingerprint density at radius 1 is 0.537 bits per heavy atom. The summed E-state index contributed by atoms with van der Waals surface area (Å²) < 4.78 is 13.0. The van der Waals surface area contributed by atoms with E-state index in [-0.39, 0.29) is 5.97 Å². The number of nitrogens with one attached hydrogen (secondary N) is 2. The molecule has 5 nitrogen and oxygen atoms in total. The van der Waals surface area contributed by atoms with Gasteiger partial charge in [0.05, 0.1) is 5.56 Å². The second-order valence-electron chi connectivity index (χ2n) is 10.3. The highest BCUT2D eigenvalue weighted by Gasteiger charge is 2.53. The maximum atomic E-state index is 13.2. The first-order valence-corrected chi connectivity index (χ1v) is 13.6. The summed E-state index contributed by atoms with van der Waals surface area (Å²) in [5.41, 5.74) is 5.78. The number of carbonyl (C=O) groups excluding carboxylic acids is 1. The molecule has 0 saturated heterocycles. The Balaban J connectivity index is 1.20. The molecule has 1 unspecified atom stereocenters. The minimum Gasteiger partial charge on any atom is -0.456 e. The third-order valence-corrected chi connectivity index (χ3v) is 7.84. The monoisotopic (exact) mass is 532 g/mol. The van der Waals surface area contributed by atoms with Crippen molar-refractivity contribution in [1.29, 1.82) is 0 Å². The van der Waals surface area contributed by atoms with E-state index in [1.165, 1.54) is 0 Å². The van der Waals surface area contributed by atoms with E-state index in [0.29, 0.717) is 17.1 Å². The first-order chi connectivity index (χ1) is 20.2. The van der Waals surface area contributed by atoms with Gasteiger partial charge in [0.2, 0.25) is 0 Å². The summed E-state index contributed by atoms with van der Waals surface area (Å²) in [6.07, 6.45) is 0. The maximum Gasteiger partial charge on any atom is 0.340 e. The molecule has 0 aliphatic carbocycles. The number of esters is 1. The van der Waals surface area contributed by atoms with Gasteiger partial charge in [0, 0.05) is 50.9 Å². The average molecular weight is 533 g/mol. The number of anilines is 4. The number of benzene rings is 6. The second-order valence-corrected chi connectivity index (χ2v) is 10.3. The quantitative estimate of drug-likeness (QED) is 0.222. The molecule has 8 rings (SSSR count). The Labute approximate surface area is 237 Å². The molecule has 2 N–H and O–H groups in total. The lowest BCUT2D eigenvalue weighted by atomic mass is 9.77. The van der Waals surface area contributed by atoms with E-state index >= 15 is 0 Å². The summed E-state index contributed by atoms with van der Waals surface area (Å²) in [5, 5.41) is 8.93. The van der Waals surface area contributed by atoms with E-state index in [2.05, 4.69) is 22.8 Å². The van der Waals surface area contributed by atoms with Crippen LogP contribution in [0.15, 0.2) is 133 Å². The standard InChI is InChI=1S/C36H24N2O3/c39-35-29-12-6-7-13-30(29)36(41-35)31-21-19-27(38-26-17-15-25(16-18-26)37-24-9-2-1-3-10-24)22-33(31)40-34-28-11-5-4-8-23(28)14-20-32(34)36/h1-22,37-38H. The van der Waals surface area contributed by atoms with Crippen LogP contribution >= 0.6 is 0 Å². The highest BCUT2D eigenvalue weighted by atomic mass is 16.6.